The molecule has 2 aromatic rings. The summed E-state index contributed by atoms with van der Waals surface area (Å²) in [6, 6.07) is -0.0426. The Hall–Kier alpha value is -1.82. The summed E-state index contributed by atoms with van der Waals surface area (Å²) in [7, 11) is -3.10. The molecule has 0 bridgehead atoms. The van der Waals surface area contributed by atoms with E-state index in [-0.39, 0.29) is 36.2 Å². The number of anilines is 2. The lowest BCUT2D eigenvalue weighted by molar-refractivity contribution is -0.0947. The van der Waals surface area contributed by atoms with Crippen molar-refractivity contribution in [1.82, 2.24) is 24.6 Å². The van der Waals surface area contributed by atoms with Gasteiger partial charge < -0.3 is 30.9 Å². The molecule has 3 heterocycles. The van der Waals surface area contributed by atoms with Crippen LogP contribution in [0.1, 0.15) is 33.9 Å². The summed E-state index contributed by atoms with van der Waals surface area (Å²) >= 11 is 0. The number of rotatable bonds is 7. The molecule has 1 aliphatic rings. The largest absolute Gasteiger partial charge is 0.387 e. The van der Waals surface area contributed by atoms with Gasteiger partial charge in [-0.25, -0.2) is 10.1 Å². The molecule has 29 heavy (non-hydrogen) atoms. The molecular weight excluding hydrogens is 401 g/mol. The van der Waals surface area contributed by atoms with E-state index < -0.39 is 31.6 Å². The highest BCUT2D eigenvalue weighted by atomic mass is 31.2. The van der Waals surface area contributed by atoms with Crippen molar-refractivity contribution < 1.29 is 24.0 Å². The molecule has 0 aromatic carbocycles. The number of hydrogen-bond donors (Lipinski definition) is 5. The summed E-state index contributed by atoms with van der Waals surface area (Å²) in [5, 5.41) is 24.5. The van der Waals surface area contributed by atoms with Crippen molar-refractivity contribution in [2.45, 2.75) is 57.8 Å². The van der Waals surface area contributed by atoms with Crippen LogP contribution in [0, 0.1) is 0 Å². The SMILES string of the molecule is CCP(=O)(NC(C)C)OCC1OC(n2cnc3c(N)nc(N)nc32)C(C)(O)C1O. The Kier molecular flexibility index (Phi) is 5.87. The van der Waals surface area contributed by atoms with E-state index >= 15 is 0 Å². The zero-order valence-electron chi connectivity index (χ0n) is 16.8. The molecule has 1 fully saturated rings. The summed E-state index contributed by atoms with van der Waals surface area (Å²) in [4.78, 5) is 12.1. The van der Waals surface area contributed by atoms with Crippen molar-refractivity contribution in [3.63, 3.8) is 0 Å². The van der Waals surface area contributed by atoms with Crippen LogP contribution in [-0.2, 0) is 13.8 Å². The van der Waals surface area contributed by atoms with Crippen LogP contribution in [-0.4, -0.2) is 66.4 Å². The predicted octanol–water partition coefficient (Wildman–Crippen LogP) is 0.228. The van der Waals surface area contributed by atoms with Gasteiger partial charge in [-0.3, -0.25) is 9.13 Å². The molecule has 0 aliphatic carbocycles. The topological polar surface area (TPSA) is 184 Å². The normalized spacial score (nSPS) is 29.6. The van der Waals surface area contributed by atoms with E-state index in [0.717, 1.165) is 0 Å². The smallest absolute Gasteiger partial charge is 0.269 e. The van der Waals surface area contributed by atoms with Crippen molar-refractivity contribution in [3.05, 3.63) is 6.33 Å². The first-order valence-electron chi connectivity index (χ1n) is 9.31. The highest BCUT2D eigenvalue weighted by molar-refractivity contribution is 7.56. The van der Waals surface area contributed by atoms with Crippen LogP contribution in [0.4, 0.5) is 11.8 Å². The molecule has 0 saturated carbocycles. The molecule has 0 radical (unpaired) electrons. The Morgan fingerprint density at radius 3 is 2.76 bits per heavy atom. The minimum Gasteiger partial charge on any atom is -0.387 e. The second kappa shape index (κ2) is 7.78. The summed E-state index contributed by atoms with van der Waals surface area (Å²) in [6.07, 6.45) is -1.65. The van der Waals surface area contributed by atoms with Crippen molar-refractivity contribution in [2.75, 3.05) is 24.2 Å². The van der Waals surface area contributed by atoms with Gasteiger partial charge in [0.25, 0.3) is 7.52 Å². The van der Waals surface area contributed by atoms with Gasteiger partial charge in [-0.15, -0.1) is 0 Å². The number of imidazole rings is 1. The molecule has 162 valence electrons. The fourth-order valence-electron chi connectivity index (χ4n) is 3.31. The second-order valence-corrected chi connectivity index (χ2v) is 10.1. The van der Waals surface area contributed by atoms with Gasteiger partial charge >= 0.3 is 0 Å². The monoisotopic (exact) mass is 429 g/mol. The minimum atomic E-state index is -3.10. The molecule has 3 rings (SSSR count). The lowest BCUT2D eigenvalue weighted by Gasteiger charge is -2.27. The van der Waals surface area contributed by atoms with Crippen LogP contribution < -0.4 is 16.6 Å². The number of aliphatic hydroxyl groups excluding tert-OH is 1. The maximum Gasteiger partial charge on any atom is 0.269 e. The molecule has 13 heteroatoms. The Balaban J connectivity index is 1.85. The van der Waals surface area contributed by atoms with Gasteiger partial charge in [0.05, 0.1) is 12.9 Å². The number of ether oxygens (including phenoxy) is 1. The molecule has 7 N–H and O–H groups in total. The molecule has 1 saturated heterocycles. The number of aliphatic hydroxyl groups is 2. The Bertz CT molecular complexity index is 934. The molecule has 5 unspecified atom stereocenters. The van der Waals surface area contributed by atoms with Gasteiger partial charge in [-0.1, -0.05) is 6.92 Å². The van der Waals surface area contributed by atoms with E-state index in [4.69, 9.17) is 20.7 Å². The molecule has 12 nitrogen and oxygen atoms in total. The van der Waals surface area contributed by atoms with Gasteiger partial charge in [0, 0.05) is 12.2 Å². The van der Waals surface area contributed by atoms with Crippen molar-refractivity contribution in [2.24, 2.45) is 0 Å². The quantitative estimate of drug-likeness (QED) is 0.380. The maximum absolute atomic E-state index is 12.8. The van der Waals surface area contributed by atoms with Gasteiger partial charge in [0.1, 0.15) is 23.3 Å². The van der Waals surface area contributed by atoms with Crippen LogP contribution in [0.3, 0.4) is 0 Å². The average molecular weight is 429 g/mol. The van der Waals surface area contributed by atoms with Gasteiger partial charge in [-0.05, 0) is 20.8 Å². The second-order valence-electron chi connectivity index (χ2n) is 7.56. The lowest BCUT2D eigenvalue weighted by atomic mass is 9.96. The Morgan fingerprint density at radius 2 is 2.14 bits per heavy atom. The zero-order chi connectivity index (χ0) is 21.6. The average Bonchev–Trinajstić information content (AvgIpc) is 3.12. The van der Waals surface area contributed by atoms with Crippen LogP contribution in [0.15, 0.2) is 6.33 Å². The highest BCUT2D eigenvalue weighted by Gasteiger charge is 2.54. The fraction of sp³-hybridized carbons (Fsp3) is 0.688. The van der Waals surface area contributed by atoms with Crippen LogP contribution in [0.2, 0.25) is 0 Å². The predicted molar refractivity (Wildman–Crippen MR) is 107 cm³/mol. The first-order valence-corrected chi connectivity index (χ1v) is 11.1. The van der Waals surface area contributed by atoms with E-state index in [1.807, 2.05) is 13.8 Å². The summed E-state index contributed by atoms with van der Waals surface area (Å²) < 4.78 is 25.7. The summed E-state index contributed by atoms with van der Waals surface area (Å²) in [5.41, 5.74) is 10.3. The Morgan fingerprint density at radius 1 is 1.45 bits per heavy atom. The van der Waals surface area contributed by atoms with E-state index in [0.29, 0.717) is 5.52 Å². The number of nitrogens with zero attached hydrogens (tertiary/aromatic N) is 4. The molecule has 1 aliphatic heterocycles. The summed E-state index contributed by atoms with van der Waals surface area (Å²) in [6.45, 7) is 6.71. The van der Waals surface area contributed by atoms with Crippen molar-refractivity contribution >= 4 is 30.4 Å². The third-order valence-electron chi connectivity index (χ3n) is 4.79. The molecule has 0 spiro atoms. The standard InChI is InChI=1S/C16H28N7O5P/c1-5-29(26,22-8(2)3)27-6-9-11(24)16(4,25)14(28-9)23-7-19-10-12(17)20-15(18)21-13(10)23/h7-9,11,14,24-25H,5-6H2,1-4H3,(H,22,26)(H4,17,18,20,21). The van der Waals surface area contributed by atoms with Crippen molar-refractivity contribution in [1.29, 1.82) is 0 Å². The Labute approximate surface area is 168 Å². The number of fused-ring (bicyclic) bond motifs is 1. The molecule has 2 aromatic heterocycles. The van der Waals surface area contributed by atoms with Crippen LogP contribution in [0.5, 0.6) is 0 Å². The summed E-state index contributed by atoms with van der Waals surface area (Å²) in [5.74, 6) is 0.0337. The lowest BCUT2D eigenvalue weighted by Crippen LogP contribution is -2.44. The number of hydrogen-bond acceptors (Lipinski definition) is 10. The molecule has 0 amide bonds. The fourth-order valence-corrected chi connectivity index (χ4v) is 4.93. The van der Waals surface area contributed by atoms with Gasteiger partial charge in [0.2, 0.25) is 5.95 Å². The third kappa shape index (κ3) is 4.09. The first-order chi connectivity index (χ1) is 13.5. The van der Waals surface area contributed by atoms with Crippen LogP contribution in [0.25, 0.3) is 11.2 Å². The van der Waals surface area contributed by atoms with Gasteiger partial charge in [0.15, 0.2) is 17.7 Å². The number of nitrogen functional groups attached to an aromatic ring is 2. The van der Waals surface area contributed by atoms with E-state index in [9.17, 15) is 14.8 Å². The minimum absolute atomic E-state index is 0.0426. The number of aromatic nitrogens is 4. The molecular formula is C16H28N7O5P. The van der Waals surface area contributed by atoms with Crippen LogP contribution >= 0.6 is 7.52 Å². The van der Waals surface area contributed by atoms with Crippen molar-refractivity contribution in [3.8, 4) is 0 Å². The highest BCUT2D eigenvalue weighted by Crippen LogP contribution is 2.45. The first kappa shape index (κ1) is 21.9. The third-order valence-corrected chi connectivity index (χ3v) is 7.10. The van der Waals surface area contributed by atoms with E-state index in [1.54, 1.807) is 6.92 Å². The molecule has 5 atom stereocenters. The van der Waals surface area contributed by atoms with E-state index in [1.165, 1.54) is 17.8 Å². The number of nitrogens with one attached hydrogen (secondary N) is 1. The van der Waals surface area contributed by atoms with Gasteiger partial charge in [-0.2, -0.15) is 9.97 Å². The zero-order valence-corrected chi connectivity index (χ0v) is 17.7. The van der Waals surface area contributed by atoms with E-state index in [2.05, 4.69) is 20.0 Å². The number of nitrogens with two attached hydrogens (primary N) is 2. The maximum atomic E-state index is 12.8.